The van der Waals surface area contributed by atoms with Crippen LogP contribution in [0.4, 0.5) is 14.5 Å². The van der Waals surface area contributed by atoms with E-state index in [0.717, 1.165) is 32.1 Å². The molecule has 32 heavy (non-hydrogen) atoms. The molecule has 1 saturated carbocycles. The predicted octanol–water partition coefficient (Wildman–Crippen LogP) is 4.29. The molecule has 1 aliphatic carbocycles. The fourth-order valence-electron chi connectivity index (χ4n) is 4.93. The number of fused-ring (bicyclic) bond motifs is 1. The van der Waals surface area contributed by atoms with Crippen LogP contribution in [0.1, 0.15) is 12.8 Å². The van der Waals surface area contributed by atoms with Crippen LogP contribution < -0.4 is 4.74 Å². The number of benzene rings is 1. The van der Waals surface area contributed by atoms with E-state index in [0.29, 0.717) is 16.9 Å². The van der Waals surface area contributed by atoms with Crippen molar-refractivity contribution >= 4 is 23.2 Å². The fourth-order valence-corrected chi connectivity index (χ4v) is 5.11. The van der Waals surface area contributed by atoms with Crippen molar-refractivity contribution in [3.8, 4) is 17.0 Å². The highest BCUT2D eigenvalue weighted by Crippen LogP contribution is 2.38. The molecule has 5 rings (SSSR count). The van der Waals surface area contributed by atoms with E-state index in [4.69, 9.17) is 17.3 Å². The molecule has 2 aromatic rings. The number of carbonyl (C=O) groups is 1. The van der Waals surface area contributed by atoms with Crippen LogP contribution in [0.3, 0.4) is 0 Å². The molecule has 1 amide bonds. The molecule has 0 radical (unpaired) electrons. The van der Waals surface area contributed by atoms with Crippen LogP contribution in [0.5, 0.6) is 5.75 Å². The number of halogens is 3. The van der Waals surface area contributed by atoms with Crippen LogP contribution in [0.2, 0.25) is 5.02 Å². The molecule has 0 spiro atoms. The highest BCUT2D eigenvalue weighted by atomic mass is 35.5. The zero-order valence-electron chi connectivity index (χ0n) is 17.5. The van der Waals surface area contributed by atoms with Gasteiger partial charge in [-0.05, 0) is 48.8 Å². The first-order chi connectivity index (χ1) is 15.4. The molecule has 3 aliphatic rings. The number of amides is 1. The zero-order valence-corrected chi connectivity index (χ0v) is 18.3. The van der Waals surface area contributed by atoms with Gasteiger partial charge in [-0.15, -0.1) is 0 Å². The molecule has 3 heterocycles. The van der Waals surface area contributed by atoms with Crippen molar-refractivity contribution in [2.45, 2.75) is 26.0 Å². The number of rotatable bonds is 7. The minimum Gasteiger partial charge on any atom is -0.696 e. The summed E-state index contributed by atoms with van der Waals surface area (Å²) in [7, 11) is 0. The van der Waals surface area contributed by atoms with Gasteiger partial charge in [0, 0.05) is 49.5 Å². The van der Waals surface area contributed by atoms with Gasteiger partial charge < -0.3 is 20.3 Å². The van der Waals surface area contributed by atoms with Crippen LogP contribution in [-0.4, -0.2) is 64.8 Å². The highest BCUT2D eigenvalue weighted by Gasteiger charge is 2.42. The van der Waals surface area contributed by atoms with E-state index in [1.54, 1.807) is 0 Å². The maximum absolute atomic E-state index is 12.9. The van der Waals surface area contributed by atoms with Gasteiger partial charge in [0.15, 0.2) is 0 Å². The van der Waals surface area contributed by atoms with E-state index in [-0.39, 0.29) is 35.1 Å². The first kappa shape index (κ1) is 21.5. The Bertz CT molecular complexity index is 998. The van der Waals surface area contributed by atoms with Crippen molar-refractivity contribution in [2.24, 2.45) is 17.8 Å². The fraction of sp³-hybridized carbons (Fsp3) is 0.545. The molecule has 1 N–H and O–H groups in total. The number of alkyl halides is 2. The SMILES string of the molecule is [NH-]c1cn(CC(=O)N2CC3CN(CC4CC4)CC3C2)nc1-c1cc(Cl)ccc1OC(F)F. The summed E-state index contributed by atoms with van der Waals surface area (Å²) >= 11 is 6.02. The molecule has 2 aliphatic heterocycles. The third-order valence-corrected chi connectivity index (χ3v) is 6.83. The van der Waals surface area contributed by atoms with Crippen molar-refractivity contribution in [3.05, 3.63) is 35.2 Å². The zero-order chi connectivity index (χ0) is 22.4. The molecule has 1 aromatic carbocycles. The first-order valence-corrected chi connectivity index (χ1v) is 11.3. The summed E-state index contributed by atoms with van der Waals surface area (Å²) in [5, 5.41) is 4.63. The van der Waals surface area contributed by atoms with Gasteiger partial charge in [-0.1, -0.05) is 17.3 Å². The summed E-state index contributed by atoms with van der Waals surface area (Å²) < 4.78 is 31.5. The van der Waals surface area contributed by atoms with Crippen LogP contribution in [0.25, 0.3) is 17.0 Å². The Morgan fingerprint density at radius 3 is 2.59 bits per heavy atom. The van der Waals surface area contributed by atoms with Gasteiger partial charge in [-0.3, -0.25) is 9.48 Å². The molecule has 10 heteroatoms. The summed E-state index contributed by atoms with van der Waals surface area (Å²) in [6, 6.07) is 4.19. The van der Waals surface area contributed by atoms with Crippen LogP contribution in [0, 0.1) is 17.8 Å². The average Bonchev–Trinajstić information content (AvgIpc) is 3.15. The Kier molecular flexibility index (Phi) is 5.71. The topological polar surface area (TPSA) is 74.4 Å². The number of carbonyl (C=O) groups excluding carboxylic acids is 1. The largest absolute Gasteiger partial charge is 0.696 e. The maximum Gasteiger partial charge on any atom is 0.387 e. The number of hydrogen-bond acceptors (Lipinski definition) is 4. The van der Waals surface area contributed by atoms with E-state index in [1.165, 1.54) is 48.5 Å². The number of ether oxygens (including phenoxy) is 1. The molecule has 0 bridgehead atoms. The normalized spacial score (nSPS) is 23.2. The van der Waals surface area contributed by atoms with Crippen LogP contribution >= 0.6 is 11.6 Å². The Morgan fingerprint density at radius 2 is 1.94 bits per heavy atom. The second-order valence-corrected chi connectivity index (χ2v) is 9.53. The minimum atomic E-state index is -3.01. The third-order valence-electron chi connectivity index (χ3n) is 6.60. The molecule has 1 aromatic heterocycles. The van der Waals surface area contributed by atoms with E-state index in [1.807, 2.05) is 4.90 Å². The summed E-state index contributed by atoms with van der Waals surface area (Å²) in [6.07, 6.45) is 4.13. The van der Waals surface area contributed by atoms with Gasteiger partial charge in [0.1, 0.15) is 12.3 Å². The van der Waals surface area contributed by atoms with Gasteiger partial charge in [-0.25, -0.2) is 0 Å². The molecule has 7 nitrogen and oxygen atoms in total. The van der Waals surface area contributed by atoms with E-state index < -0.39 is 6.61 Å². The summed E-state index contributed by atoms with van der Waals surface area (Å²) in [6.45, 7) is 1.83. The van der Waals surface area contributed by atoms with E-state index in [2.05, 4.69) is 14.7 Å². The van der Waals surface area contributed by atoms with Crippen molar-refractivity contribution < 1.29 is 18.3 Å². The van der Waals surface area contributed by atoms with Crippen molar-refractivity contribution in [1.29, 1.82) is 0 Å². The molecular weight excluding hydrogens is 440 g/mol. The molecule has 2 unspecified atom stereocenters. The molecule has 3 fully saturated rings. The monoisotopic (exact) mass is 464 g/mol. The molecular formula is C22H25ClF2N5O2-. The lowest BCUT2D eigenvalue weighted by atomic mass is 10.0. The number of likely N-dealkylation sites (tertiary alicyclic amines) is 2. The summed E-state index contributed by atoms with van der Waals surface area (Å²) in [5.41, 5.74) is 8.56. The highest BCUT2D eigenvalue weighted by molar-refractivity contribution is 6.31. The van der Waals surface area contributed by atoms with Gasteiger partial charge in [-0.2, -0.15) is 13.9 Å². The summed E-state index contributed by atoms with van der Waals surface area (Å²) in [5.74, 6) is 1.77. The Morgan fingerprint density at radius 1 is 1.22 bits per heavy atom. The number of aromatic nitrogens is 2. The summed E-state index contributed by atoms with van der Waals surface area (Å²) in [4.78, 5) is 17.3. The van der Waals surface area contributed by atoms with Crippen molar-refractivity contribution in [2.75, 3.05) is 32.7 Å². The lowest BCUT2D eigenvalue weighted by Gasteiger charge is -2.21. The van der Waals surface area contributed by atoms with Crippen molar-refractivity contribution in [1.82, 2.24) is 19.6 Å². The second kappa shape index (κ2) is 8.51. The van der Waals surface area contributed by atoms with Crippen LogP contribution in [0.15, 0.2) is 24.4 Å². The second-order valence-electron chi connectivity index (χ2n) is 9.09. The lowest BCUT2D eigenvalue weighted by molar-refractivity contribution is -0.131. The Labute approximate surface area is 190 Å². The molecule has 2 atom stereocenters. The quantitative estimate of drug-likeness (QED) is 0.612. The third kappa shape index (κ3) is 4.54. The van der Waals surface area contributed by atoms with Crippen molar-refractivity contribution in [3.63, 3.8) is 0 Å². The van der Waals surface area contributed by atoms with Gasteiger partial charge in [0.25, 0.3) is 0 Å². The number of nitrogens with one attached hydrogen (secondary N) is 1. The molecule has 172 valence electrons. The number of nitrogens with zero attached hydrogens (tertiary/aromatic N) is 4. The van der Waals surface area contributed by atoms with E-state index >= 15 is 0 Å². The number of hydrogen-bond donors (Lipinski definition) is 0. The average molecular weight is 465 g/mol. The smallest absolute Gasteiger partial charge is 0.387 e. The first-order valence-electron chi connectivity index (χ1n) is 10.9. The van der Waals surface area contributed by atoms with E-state index in [9.17, 15) is 13.6 Å². The van der Waals surface area contributed by atoms with Gasteiger partial charge >= 0.3 is 6.61 Å². The molecule has 2 saturated heterocycles. The lowest BCUT2D eigenvalue weighted by Crippen LogP contribution is -2.35. The Balaban J connectivity index is 1.24. The minimum absolute atomic E-state index is 0.00269. The van der Waals surface area contributed by atoms with Crippen LogP contribution in [-0.2, 0) is 11.3 Å². The Hall–Kier alpha value is -2.39. The van der Waals surface area contributed by atoms with Gasteiger partial charge in [0.2, 0.25) is 5.91 Å². The predicted molar refractivity (Wildman–Crippen MR) is 116 cm³/mol. The standard InChI is InChI=1S/C22H25ClF2N5O2/c23-16-3-4-19(32-22(24)25)17(5-16)21-18(26)11-30(27-21)12-20(31)29-9-14-7-28(6-13-1-2-13)8-15(14)10-29/h3-5,11,13-15,22,26H,1-2,6-10,12H2/q-1. The maximum atomic E-state index is 12.9. The van der Waals surface area contributed by atoms with Gasteiger partial charge in [0.05, 0.1) is 5.69 Å².